The summed E-state index contributed by atoms with van der Waals surface area (Å²) in [7, 11) is 1.68. The molecule has 2 aromatic carbocycles. The predicted molar refractivity (Wildman–Crippen MR) is 133 cm³/mol. The van der Waals surface area contributed by atoms with Gasteiger partial charge in [-0.2, -0.15) is 0 Å². The number of hydrogen-bond acceptors (Lipinski definition) is 5. The fraction of sp³-hybridized carbons (Fsp3) is 0.393. The lowest BCUT2D eigenvalue weighted by Crippen LogP contribution is -2.50. The number of hydrogen-bond donors (Lipinski definition) is 0. The van der Waals surface area contributed by atoms with Crippen molar-refractivity contribution in [2.45, 2.75) is 32.6 Å². The quantitative estimate of drug-likeness (QED) is 0.558. The van der Waals surface area contributed by atoms with E-state index in [-0.39, 0.29) is 5.92 Å². The summed E-state index contributed by atoms with van der Waals surface area (Å²) in [6, 6.07) is 18.6. The summed E-state index contributed by atoms with van der Waals surface area (Å²) in [5.41, 5.74) is 4.66. The highest BCUT2D eigenvalue weighted by Crippen LogP contribution is 2.48. The Labute approximate surface area is 201 Å². The molecule has 176 valence electrons. The number of amides is 1. The Kier molecular flexibility index (Phi) is 6.22. The molecule has 6 nitrogen and oxygen atoms in total. The molecule has 2 fully saturated rings. The van der Waals surface area contributed by atoms with Crippen LogP contribution in [0.1, 0.15) is 40.5 Å². The molecule has 2 atom stereocenters. The van der Waals surface area contributed by atoms with E-state index in [1.165, 1.54) is 11.1 Å². The second-order valence-electron chi connectivity index (χ2n) is 9.35. The van der Waals surface area contributed by atoms with Gasteiger partial charge >= 0.3 is 0 Å². The fourth-order valence-corrected chi connectivity index (χ4v) is 5.04. The van der Waals surface area contributed by atoms with Gasteiger partial charge in [0.2, 0.25) is 5.91 Å². The molecule has 0 bridgehead atoms. The van der Waals surface area contributed by atoms with E-state index in [1.807, 2.05) is 30.0 Å². The summed E-state index contributed by atoms with van der Waals surface area (Å²) in [6.45, 7) is 7.07. The van der Waals surface area contributed by atoms with Crippen molar-refractivity contribution in [1.29, 1.82) is 0 Å². The molecule has 2 unspecified atom stereocenters. The second kappa shape index (κ2) is 9.45. The van der Waals surface area contributed by atoms with Gasteiger partial charge in [0.1, 0.15) is 17.4 Å². The summed E-state index contributed by atoms with van der Waals surface area (Å²) in [6.07, 6.45) is 1.74. The highest BCUT2D eigenvalue weighted by Gasteiger charge is 2.46. The Morgan fingerprint density at radius 1 is 0.971 bits per heavy atom. The van der Waals surface area contributed by atoms with Crippen molar-refractivity contribution in [3.8, 4) is 5.75 Å². The van der Waals surface area contributed by atoms with Gasteiger partial charge in [-0.05, 0) is 49.4 Å². The van der Waals surface area contributed by atoms with Gasteiger partial charge in [-0.15, -0.1) is 0 Å². The van der Waals surface area contributed by atoms with Crippen LogP contribution in [0.3, 0.4) is 0 Å². The standard InChI is InChI=1S/C28H32N4O2/c1-19-24(17-21-9-11-23(34-3)12-10-21)27(30-20(2)29-19)31-13-15-32(16-14-31)28(33)26-18-25(26)22-7-5-4-6-8-22/h4-12,25-26H,13-18H2,1-3H3. The number of piperazine rings is 1. The van der Waals surface area contributed by atoms with Gasteiger partial charge in [-0.1, -0.05) is 42.5 Å². The molecule has 1 saturated heterocycles. The van der Waals surface area contributed by atoms with Crippen LogP contribution in [0, 0.1) is 19.8 Å². The molecule has 0 N–H and O–H groups in total. The molecule has 34 heavy (non-hydrogen) atoms. The molecule has 1 aromatic heterocycles. The van der Waals surface area contributed by atoms with Crippen LogP contribution in [-0.2, 0) is 11.2 Å². The number of carbonyl (C=O) groups excluding carboxylic acids is 1. The molecule has 0 radical (unpaired) electrons. The second-order valence-corrected chi connectivity index (χ2v) is 9.35. The van der Waals surface area contributed by atoms with Crippen molar-refractivity contribution >= 4 is 11.7 Å². The predicted octanol–water partition coefficient (Wildman–Crippen LogP) is 4.15. The lowest BCUT2D eigenvalue weighted by Gasteiger charge is -2.36. The van der Waals surface area contributed by atoms with Crippen LogP contribution in [0.25, 0.3) is 0 Å². The number of aromatic nitrogens is 2. The lowest BCUT2D eigenvalue weighted by molar-refractivity contribution is -0.133. The molecule has 2 heterocycles. The first-order chi connectivity index (χ1) is 16.5. The van der Waals surface area contributed by atoms with Gasteiger partial charge in [0.15, 0.2) is 0 Å². The van der Waals surface area contributed by atoms with Crippen LogP contribution in [0.4, 0.5) is 5.82 Å². The van der Waals surface area contributed by atoms with Crippen LogP contribution in [0.5, 0.6) is 5.75 Å². The SMILES string of the molecule is COc1ccc(Cc2c(C)nc(C)nc2N2CCN(C(=O)C3CC3c3ccccc3)CC2)cc1. The molecule has 5 rings (SSSR count). The lowest BCUT2D eigenvalue weighted by atomic mass is 10.0. The minimum absolute atomic E-state index is 0.142. The van der Waals surface area contributed by atoms with Gasteiger partial charge in [0.05, 0.1) is 7.11 Å². The molecule has 1 amide bonds. The average Bonchev–Trinajstić information content (AvgIpc) is 3.67. The maximum absolute atomic E-state index is 13.1. The van der Waals surface area contributed by atoms with E-state index in [1.54, 1.807) is 7.11 Å². The fourth-order valence-electron chi connectivity index (χ4n) is 5.04. The number of aryl methyl sites for hydroxylation is 2. The zero-order valence-electron chi connectivity index (χ0n) is 20.2. The Morgan fingerprint density at radius 2 is 1.68 bits per heavy atom. The van der Waals surface area contributed by atoms with Gasteiger partial charge in [0, 0.05) is 49.8 Å². The van der Waals surface area contributed by atoms with Crippen molar-refractivity contribution in [2.75, 3.05) is 38.2 Å². The summed E-state index contributed by atoms with van der Waals surface area (Å²) in [5, 5.41) is 0. The molecular weight excluding hydrogens is 424 g/mol. The Balaban J connectivity index is 1.27. The Hall–Kier alpha value is -3.41. The maximum Gasteiger partial charge on any atom is 0.226 e. The topological polar surface area (TPSA) is 58.6 Å². The highest BCUT2D eigenvalue weighted by molar-refractivity contribution is 5.83. The Bertz CT molecular complexity index is 1160. The minimum atomic E-state index is 0.142. The molecule has 3 aromatic rings. The van der Waals surface area contributed by atoms with Crippen LogP contribution >= 0.6 is 0 Å². The van der Waals surface area contributed by atoms with E-state index in [2.05, 4.69) is 53.2 Å². The summed E-state index contributed by atoms with van der Waals surface area (Å²) < 4.78 is 5.29. The number of methoxy groups -OCH3 is 1. The Morgan fingerprint density at radius 3 is 2.35 bits per heavy atom. The number of nitrogens with zero attached hydrogens (tertiary/aromatic N) is 4. The van der Waals surface area contributed by atoms with Crippen molar-refractivity contribution in [1.82, 2.24) is 14.9 Å². The van der Waals surface area contributed by atoms with Crippen LogP contribution in [0.15, 0.2) is 54.6 Å². The number of anilines is 1. The van der Waals surface area contributed by atoms with Gasteiger partial charge in [0.25, 0.3) is 0 Å². The first-order valence-electron chi connectivity index (χ1n) is 12.1. The molecule has 0 spiro atoms. The van der Waals surface area contributed by atoms with Gasteiger partial charge in [-0.3, -0.25) is 4.79 Å². The van der Waals surface area contributed by atoms with E-state index in [0.29, 0.717) is 11.8 Å². The molecule has 1 aliphatic carbocycles. The third-order valence-electron chi connectivity index (χ3n) is 7.07. The molecule has 1 aliphatic heterocycles. The molecular formula is C28H32N4O2. The number of ether oxygens (including phenoxy) is 1. The molecule has 6 heteroatoms. The third-order valence-corrected chi connectivity index (χ3v) is 7.07. The van der Waals surface area contributed by atoms with Crippen LogP contribution in [0.2, 0.25) is 0 Å². The zero-order chi connectivity index (χ0) is 23.7. The zero-order valence-corrected chi connectivity index (χ0v) is 20.2. The summed E-state index contributed by atoms with van der Waals surface area (Å²) in [4.78, 5) is 27.0. The molecule has 1 saturated carbocycles. The van der Waals surface area contributed by atoms with Gasteiger partial charge < -0.3 is 14.5 Å². The molecule has 2 aliphatic rings. The largest absolute Gasteiger partial charge is 0.497 e. The summed E-state index contributed by atoms with van der Waals surface area (Å²) >= 11 is 0. The first kappa shape index (κ1) is 22.4. The van der Waals surface area contributed by atoms with E-state index < -0.39 is 0 Å². The van der Waals surface area contributed by atoms with E-state index >= 15 is 0 Å². The minimum Gasteiger partial charge on any atom is -0.497 e. The van der Waals surface area contributed by atoms with Crippen molar-refractivity contribution in [2.24, 2.45) is 5.92 Å². The van der Waals surface area contributed by atoms with Crippen molar-refractivity contribution < 1.29 is 9.53 Å². The normalized spacial score (nSPS) is 19.7. The number of carbonyl (C=O) groups is 1. The maximum atomic E-state index is 13.1. The number of benzene rings is 2. The third kappa shape index (κ3) is 4.63. The first-order valence-corrected chi connectivity index (χ1v) is 12.1. The van der Waals surface area contributed by atoms with Gasteiger partial charge in [-0.25, -0.2) is 9.97 Å². The summed E-state index contributed by atoms with van der Waals surface area (Å²) in [5.74, 6) is 3.47. The van der Waals surface area contributed by atoms with Crippen molar-refractivity contribution in [3.63, 3.8) is 0 Å². The monoisotopic (exact) mass is 456 g/mol. The van der Waals surface area contributed by atoms with E-state index in [9.17, 15) is 4.79 Å². The highest BCUT2D eigenvalue weighted by atomic mass is 16.5. The average molecular weight is 457 g/mol. The number of rotatable bonds is 6. The van der Waals surface area contributed by atoms with E-state index in [0.717, 1.165) is 67.7 Å². The van der Waals surface area contributed by atoms with Crippen molar-refractivity contribution in [3.05, 3.63) is 82.8 Å². The van der Waals surface area contributed by atoms with Crippen LogP contribution < -0.4 is 9.64 Å². The van der Waals surface area contributed by atoms with E-state index in [4.69, 9.17) is 9.72 Å². The van der Waals surface area contributed by atoms with Crippen LogP contribution in [-0.4, -0.2) is 54.1 Å². The smallest absolute Gasteiger partial charge is 0.226 e.